The molecule has 45 heavy (non-hydrogen) atoms. The van der Waals surface area contributed by atoms with Gasteiger partial charge in [0, 0.05) is 16.5 Å². The number of rotatable bonds is 2. The molecule has 0 aliphatic carbocycles. The minimum absolute atomic E-state index is 1.18. The molecule has 1 heterocycles. The molecule has 0 aliphatic rings. The highest BCUT2D eigenvalue weighted by molar-refractivity contribution is 6.39. The predicted molar refractivity (Wildman–Crippen MR) is 194 cm³/mol. The lowest BCUT2D eigenvalue weighted by Gasteiger charge is -2.17. The molecule has 0 amide bonds. The largest absolute Gasteiger partial charge is 0.309 e. The van der Waals surface area contributed by atoms with E-state index in [9.17, 15) is 0 Å². The Kier molecular flexibility index (Phi) is 5.06. The molecular formula is C44H27N. The van der Waals surface area contributed by atoms with Gasteiger partial charge in [-0.05, 0) is 101 Å². The summed E-state index contributed by atoms with van der Waals surface area (Å²) in [7, 11) is 0. The van der Waals surface area contributed by atoms with Gasteiger partial charge >= 0.3 is 0 Å². The summed E-state index contributed by atoms with van der Waals surface area (Å²) in [4.78, 5) is 0. The van der Waals surface area contributed by atoms with E-state index in [1.54, 1.807) is 0 Å². The molecule has 0 N–H and O–H groups in total. The normalized spacial score (nSPS) is 12.0. The highest BCUT2D eigenvalue weighted by Crippen LogP contribution is 2.45. The average Bonchev–Trinajstić information content (AvgIpc) is 3.45. The summed E-state index contributed by atoms with van der Waals surface area (Å²) >= 11 is 0. The van der Waals surface area contributed by atoms with Gasteiger partial charge in [-0.25, -0.2) is 0 Å². The van der Waals surface area contributed by atoms with E-state index >= 15 is 0 Å². The van der Waals surface area contributed by atoms with Crippen molar-refractivity contribution in [3.05, 3.63) is 164 Å². The average molecular weight is 570 g/mol. The molecule has 0 saturated heterocycles. The zero-order valence-electron chi connectivity index (χ0n) is 24.5. The van der Waals surface area contributed by atoms with Gasteiger partial charge in [-0.15, -0.1) is 0 Å². The summed E-state index contributed by atoms with van der Waals surface area (Å²) in [5, 5.41) is 15.7. The van der Waals surface area contributed by atoms with Crippen LogP contribution in [-0.4, -0.2) is 4.57 Å². The molecule has 0 radical (unpaired) electrons. The van der Waals surface area contributed by atoms with Gasteiger partial charge in [-0.3, -0.25) is 0 Å². The van der Waals surface area contributed by atoms with Gasteiger partial charge in [0.1, 0.15) is 0 Å². The maximum absolute atomic E-state index is 2.42. The molecule has 208 valence electrons. The van der Waals surface area contributed by atoms with Gasteiger partial charge in [0.2, 0.25) is 0 Å². The summed E-state index contributed by atoms with van der Waals surface area (Å²) in [5.74, 6) is 0. The van der Waals surface area contributed by atoms with Crippen LogP contribution in [-0.2, 0) is 0 Å². The van der Waals surface area contributed by atoms with Crippen molar-refractivity contribution < 1.29 is 0 Å². The molecule has 1 nitrogen and oxygen atoms in total. The minimum atomic E-state index is 1.18. The SMILES string of the molecule is c1ccc(-n2c3ccccc3c3cc(-c4ccc5c(c4)c4ccccc4c4c6ccccc6c6ccccc6c54)ccc32)cc1. The smallest absolute Gasteiger partial charge is 0.0541 e. The van der Waals surface area contributed by atoms with Crippen LogP contribution >= 0.6 is 0 Å². The molecule has 0 aliphatic heterocycles. The minimum Gasteiger partial charge on any atom is -0.309 e. The van der Waals surface area contributed by atoms with Crippen molar-refractivity contribution >= 4 is 75.7 Å². The standard InChI is InChI=1S/C44H27N/c1-2-12-30(13-3-1)45-41-21-11-10-17-34(41)40-27-29(23-25-42(40)45)28-22-24-38-39(26-28)33-16-6-9-20-37(33)43-35-18-7-4-14-31(35)32-15-5-8-19-36(32)44(38)43/h1-27H. The van der Waals surface area contributed by atoms with Crippen LogP contribution in [0.1, 0.15) is 0 Å². The van der Waals surface area contributed by atoms with Gasteiger partial charge in [-0.2, -0.15) is 0 Å². The Morgan fingerprint density at radius 1 is 0.267 bits per heavy atom. The van der Waals surface area contributed by atoms with Crippen LogP contribution in [0.4, 0.5) is 0 Å². The van der Waals surface area contributed by atoms with E-state index in [1.807, 2.05) is 0 Å². The van der Waals surface area contributed by atoms with Crippen LogP contribution in [0.15, 0.2) is 164 Å². The van der Waals surface area contributed by atoms with Crippen molar-refractivity contribution in [2.45, 2.75) is 0 Å². The second-order valence-corrected chi connectivity index (χ2v) is 12.1. The van der Waals surface area contributed by atoms with Crippen LogP contribution in [0.25, 0.3) is 92.5 Å². The third-order valence-corrected chi connectivity index (χ3v) is 9.73. The number of para-hydroxylation sites is 2. The second kappa shape index (κ2) is 9.29. The maximum atomic E-state index is 2.42. The fourth-order valence-electron chi connectivity index (χ4n) is 7.81. The van der Waals surface area contributed by atoms with E-state index in [0.29, 0.717) is 0 Å². The highest BCUT2D eigenvalue weighted by Gasteiger charge is 2.17. The quantitative estimate of drug-likeness (QED) is 0.183. The molecule has 10 rings (SSSR count). The molecule has 0 saturated carbocycles. The van der Waals surface area contributed by atoms with Crippen molar-refractivity contribution in [3.8, 4) is 16.8 Å². The Balaban J connectivity index is 1.29. The summed E-state index contributed by atoms with van der Waals surface area (Å²) in [5.41, 5.74) is 6.09. The van der Waals surface area contributed by atoms with Crippen LogP contribution < -0.4 is 0 Å². The number of fused-ring (bicyclic) bond motifs is 14. The molecule has 0 atom stereocenters. The lowest BCUT2D eigenvalue weighted by Crippen LogP contribution is -1.92. The van der Waals surface area contributed by atoms with Crippen LogP contribution in [0.5, 0.6) is 0 Å². The number of hydrogen-bond acceptors (Lipinski definition) is 0. The monoisotopic (exact) mass is 569 g/mol. The van der Waals surface area contributed by atoms with Crippen molar-refractivity contribution in [3.63, 3.8) is 0 Å². The number of hydrogen-bond donors (Lipinski definition) is 0. The molecule has 1 aromatic heterocycles. The first-order valence-corrected chi connectivity index (χ1v) is 15.6. The first-order valence-electron chi connectivity index (χ1n) is 15.6. The molecule has 1 heteroatoms. The van der Waals surface area contributed by atoms with Crippen LogP contribution in [0.3, 0.4) is 0 Å². The lowest BCUT2D eigenvalue weighted by molar-refractivity contribution is 1.18. The first kappa shape index (κ1) is 24.5. The highest BCUT2D eigenvalue weighted by atomic mass is 15.0. The van der Waals surface area contributed by atoms with Crippen molar-refractivity contribution in [1.82, 2.24) is 4.57 Å². The van der Waals surface area contributed by atoms with E-state index in [4.69, 9.17) is 0 Å². The first-order chi connectivity index (χ1) is 22.3. The Hall–Kier alpha value is -5.92. The molecule has 10 aromatic rings. The molecule has 9 aromatic carbocycles. The van der Waals surface area contributed by atoms with Crippen LogP contribution in [0.2, 0.25) is 0 Å². The summed E-state index contributed by atoms with van der Waals surface area (Å²) in [6, 6.07) is 60.2. The van der Waals surface area contributed by atoms with E-state index in [-0.39, 0.29) is 0 Å². The van der Waals surface area contributed by atoms with Crippen molar-refractivity contribution in [2.75, 3.05) is 0 Å². The summed E-state index contributed by atoms with van der Waals surface area (Å²) in [6.45, 7) is 0. The van der Waals surface area contributed by atoms with Gasteiger partial charge in [0.05, 0.1) is 11.0 Å². The Labute approximate surface area is 260 Å². The zero-order chi connectivity index (χ0) is 29.5. The van der Waals surface area contributed by atoms with Gasteiger partial charge in [-0.1, -0.05) is 127 Å². The maximum Gasteiger partial charge on any atom is 0.0541 e. The van der Waals surface area contributed by atoms with Crippen molar-refractivity contribution in [2.24, 2.45) is 0 Å². The Bertz CT molecular complexity index is 2800. The molecule has 0 bridgehead atoms. The van der Waals surface area contributed by atoms with Gasteiger partial charge < -0.3 is 4.57 Å². The molecular weight excluding hydrogens is 542 g/mol. The number of nitrogens with zero attached hydrogens (tertiary/aromatic N) is 1. The zero-order valence-corrected chi connectivity index (χ0v) is 24.5. The summed E-state index contributed by atoms with van der Waals surface area (Å²) < 4.78 is 2.38. The van der Waals surface area contributed by atoms with Crippen molar-refractivity contribution in [1.29, 1.82) is 0 Å². The molecule has 0 fully saturated rings. The van der Waals surface area contributed by atoms with Crippen LogP contribution in [0, 0.1) is 0 Å². The topological polar surface area (TPSA) is 4.93 Å². The predicted octanol–water partition coefficient (Wildman–Crippen LogP) is 12.2. The molecule has 0 spiro atoms. The molecule has 0 unspecified atom stereocenters. The second-order valence-electron chi connectivity index (χ2n) is 12.1. The van der Waals surface area contributed by atoms with Gasteiger partial charge in [0.15, 0.2) is 0 Å². The van der Waals surface area contributed by atoms with E-state index in [0.717, 1.165) is 0 Å². The van der Waals surface area contributed by atoms with E-state index in [1.165, 1.54) is 92.5 Å². The fraction of sp³-hybridized carbons (Fsp3) is 0. The third kappa shape index (κ3) is 3.44. The fourth-order valence-corrected chi connectivity index (χ4v) is 7.81. The Morgan fingerprint density at radius 2 is 0.689 bits per heavy atom. The lowest BCUT2D eigenvalue weighted by atomic mass is 9.86. The number of aromatic nitrogens is 1. The van der Waals surface area contributed by atoms with E-state index in [2.05, 4.69) is 168 Å². The third-order valence-electron chi connectivity index (χ3n) is 9.73. The van der Waals surface area contributed by atoms with E-state index < -0.39 is 0 Å². The van der Waals surface area contributed by atoms with Gasteiger partial charge in [0.25, 0.3) is 0 Å². The summed E-state index contributed by atoms with van der Waals surface area (Å²) in [6.07, 6.45) is 0. The Morgan fingerprint density at radius 3 is 1.31 bits per heavy atom. The number of benzene rings is 9.